The highest BCUT2D eigenvalue weighted by Crippen LogP contribution is 2.53. The molecule has 0 radical (unpaired) electrons. The van der Waals surface area contributed by atoms with Gasteiger partial charge in [-0.15, -0.1) is 34.0 Å². The fourth-order valence-electron chi connectivity index (χ4n) is 12.2. The van der Waals surface area contributed by atoms with E-state index in [2.05, 4.69) is 197 Å². The van der Waals surface area contributed by atoms with Crippen molar-refractivity contribution in [2.24, 2.45) is 0 Å². The van der Waals surface area contributed by atoms with Crippen LogP contribution in [0.15, 0.2) is 218 Å². The lowest BCUT2D eigenvalue weighted by Gasteiger charge is -2.25. The predicted molar refractivity (Wildman–Crippen MR) is 320 cm³/mol. The van der Waals surface area contributed by atoms with Gasteiger partial charge in [-0.1, -0.05) is 194 Å². The van der Waals surface area contributed by atoms with E-state index >= 15 is 0 Å². The summed E-state index contributed by atoms with van der Waals surface area (Å²) in [6, 6.07) is 83.3. The molecule has 75 heavy (non-hydrogen) atoms. The largest absolute Gasteiger partial charge is 0.306 e. The van der Waals surface area contributed by atoms with Crippen molar-refractivity contribution in [1.29, 1.82) is 10.5 Å². The zero-order valence-electron chi connectivity index (χ0n) is 39.8. The molecule has 0 spiro atoms. The molecule has 0 atom stereocenters. The summed E-state index contributed by atoms with van der Waals surface area (Å²) < 4.78 is 11.7. The smallest absolute Gasteiger partial charge is 0.102 e. The number of hydrogen-bond acceptors (Lipinski definition) is 5. The summed E-state index contributed by atoms with van der Waals surface area (Å²) in [5.41, 5.74) is 11.6. The van der Waals surface area contributed by atoms with Gasteiger partial charge in [0.25, 0.3) is 0 Å². The molecule has 4 nitrogen and oxygen atoms in total. The van der Waals surface area contributed by atoms with Crippen molar-refractivity contribution in [2.45, 2.75) is 0 Å². The Morgan fingerprint density at radius 3 is 1.08 bits per heavy atom. The molecule has 11 aromatic carbocycles. The summed E-state index contributed by atoms with van der Waals surface area (Å²) in [5, 5.41) is 36.5. The third kappa shape index (κ3) is 5.89. The third-order valence-corrected chi connectivity index (χ3v) is 19.0. The number of rotatable bonds is 5. The maximum absolute atomic E-state index is 12.6. The zero-order valence-corrected chi connectivity index (χ0v) is 42.2. The molecule has 0 saturated heterocycles. The van der Waals surface area contributed by atoms with Crippen LogP contribution >= 0.6 is 34.0 Å². The van der Waals surface area contributed by atoms with Crippen LogP contribution in [0.3, 0.4) is 0 Å². The zero-order chi connectivity index (χ0) is 49.5. The van der Waals surface area contributed by atoms with Crippen LogP contribution in [0, 0.1) is 22.7 Å². The van der Waals surface area contributed by atoms with Gasteiger partial charge in [-0.3, -0.25) is 0 Å². The van der Waals surface area contributed by atoms with Crippen LogP contribution in [0.2, 0.25) is 0 Å². The average Bonchev–Trinajstić information content (AvgIpc) is 4.44. The van der Waals surface area contributed by atoms with Crippen molar-refractivity contribution in [3.05, 3.63) is 230 Å². The molecule has 0 aliphatic carbocycles. The molecular formula is C68H36N4S3. The third-order valence-electron chi connectivity index (χ3n) is 15.4. The minimum absolute atomic E-state index is 0.484. The predicted octanol–water partition coefficient (Wildman–Crippen LogP) is 19.7. The van der Waals surface area contributed by atoms with Gasteiger partial charge in [0, 0.05) is 79.1 Å². The van der Waals surface area contributed by atoms with Crippen LogP contribution in [0.4, 0.5) is 0 Å². The van der Waals surface area contributed by atoms with Gasteiger partial charge in [0.05, 0.1) is 58.7 Å². The van der Waals surface area contributed by atoms with Crippen LogP contribution in [0.1, 0.15) is 11.1 Å². The lowest BCUT2D eigenvalue weighted by atomic mass is 9.86. The Kier molecular flexibility index (Phi) is 9.05. The molecule has 7 heteroatoms. The van der Waals surface area contributed by atoms with Gasteiger partial charge in [0.15, 0.2) is 0 Å². The van der Waals surface area contributed by atoms with Crippen molar-refractivity contribution in [3.63, 3.8) is 0 Å². The molecule has 0 bridgehead atoms. The molecule has 346 valence electrons. The second-order valence-electron chi connectivity index (χ2n) is 19.2. The first-order valence-corrected chi connectivity index (χ1v) is 27.4. The molecule has 0 unspecified atom stereocenters. The van der Waals surface area contributed by atoms with Gasteiger partial charge in [0.1, 0.15) is 12.1 Å². The topological polar surface area (TPSA) is 57.4 Å². The molecule has 5 aromatic heterocycles. The minimum Gasteiger partial charge on any atom is -0.306 e. The Morgan fingerprint density at radius 1 is 0.293 bits per heavy atom. The van der Waals surface area contributed by atoms with Gasteiger partial charge >= 0.3 is 0 Å². The van der Waals surface area contributed by atoms with Crippen molar-refractivity contribution in [2.75, 3.05) is 0 Å². The summed E-state index contributed by atoms with van der Waals surface area (Å²) >= 11 is 5.36. The Bertz CT molecular complexity index is 5070. The van der Waals surface area contributed by atoms with Crippen molar-refractivity contribution >= 4 is 138 Å². The van der Waals surface area contributed by atoms with E-state index in [-0.39, 0.29) is 0 Å². The van der Waals surface area contributed by atoms with Crippen LogP contribution in [-0.4, -0.2) is 9.13 Å². The van der Waals surface area contributed by atoms with Crippen LogP contribution in [0.25, 0.3) is 149 Å². The minimum atomic E-state index is 0.484. The number of fused-ring (bicyclic) bond motifs is 18. The second-order valence-corrected chi connectivity index (χ2v) is 22.4. The van der Waals surface area contributed by atoms with E-state index in [4.69, 9.17) is 0 Å². The monoisotopic (exact) mass is 1000 g/mol. The molecule has 16 aromatic rings. The molecule has 0 amide bonds. The molecule has 16 rings (SSSR count). The maximum Gasteiger partial charge on any atom is 0.102 e. The van der Waals surface area contributed by atoms with Crippen molar-refractivity contribution in [1.82, 2.24) is 9.13 Å². The second kappa shape index (κ2) is 16.1. The average molecular weight is 1010 g/mol. The Morgan fingerprint density at radius 2 is 0.640 bits per heavy atom. The number of thiophene rings is 3. The number of hydrogen-bond donors (Lipinski definition) is 0. The summed E-state index contributed by atoms with van der Waals surface area (Å²) in [5.74, 6) is 0. The molecule has 5 heterocycles. The van der Waals surface area contributed by atoms with E-state index in [1.54, 1.807) is 34.0 Å². The molecular weight excluding hydrogens is 969 g/mol. The van der Waals surface area contributed by atoms with Gasteiger partial charge < -0.3 is 9.13 Å². The normalized spacial score (nSPS) is 12.0. The fourth-order valence-corrected chi connectivity index (χ4v) is 16.0. The van der Waals surface area contributed by atoms with E-state index in [9.17, 15) is 10.5 Å². The number of nitriles is 2. The first-order valence-electron chi connectivity index (χ1n) is 24.9. The first-order chi connectivity index (χ1) is 37.2. The van der Waals surface area contributed by atoms with Crippen LogP contribution < -0.4 is 0 Å². The number of nitrogens with zero attached hydrogens (tertiary/aromatic N) is 4. The molecule has 0 fully saturated rings. The standard InChI is InChI=1S/C68H36N4S3/c69-37-53-60(41-20-8-3-9-21-41)62(72-64-48(31-34-51-45-23-11-14-26-57(45)74-67(51)64)49-32-35-52-46-24-12-15-27-58(46)75-68(52)65(49)72)54(38-70)59(40-18-6-2-7-19-40)61(53)71-55-36-42(39-16-4-1-5-17-39)28-29-43(55)47-30-33-50-44-22-10-13-25-56(44)73-66(50)63(47)71/h1-36H. The summed E-state index contributed by atoms with van der Waals surface area (Å²) in [6.45, 7) is 0. The Hall–Kier alpha value is -9.34. The van der Waals surface area contributed by atoms with Gasteiger partial charge in [0.2, 0.25) is 0 Å². The maximum atomic E-state index is 12.6. The van der Waals surface area contributed by atoms with Gasteiger partial charge in [-0.2, -0.15) is 10.5 Å². The molecule has 0 saturated carbocycles. The Balaban J connectivity index is 1.18. The first kappa shape index (κ1) is 42.2. The van der Waals surface area contributed by atoms with Crippen LogP contribution in [0.5, 0.6) is 0 Å². The quantitative estimate of drug-likeness (QED) is 0.172. The highest BCUT2D eigenvalue weighted by molar-refractivity contribution is 7.27. The lowest BCUT2D eigenvalue weighted by molar-refractivity contribution is 1.14. The van der Waals surface area contributed by atoms with E-state index < -0.39 is 0 Å². The highest BCUT2D eigenvalue weighted by atomic mass is 32.1. The van der Waals surface area contributed by atoms with Gasteiger partial charge in [-0.25, -0.2) is 0 Å². The van der Waals surface area contributed by atoms with Crippen LogP contribution in [-0.2, 0) is 0 Å². The highest BCUT2D eigenvalue weighted by Gasteiger charge is 2.33. The van der Waals surface area contributed by atoms with Gasteiger partial charge in [-0.05, 0) is 46.5 Å². The summed E-state index contributed by atoms with van der Waals surface area (Å²) in [4.78, 5) is 0. The lowest BCUT2D eigenvalue weighted by Crippen LogP contribution is -2.11. The summed E-state index contributed by atoms with van der Waals surface area (Å²) in [6.07, 6.45) is 0. The van der Waals surface area contributed by atoms with E-state index in [0.717, 1.165) is 96.1 Å². The number of aromatic nitrogens is 2. The SMILES string of the molecule is N#Cc1c(-c2ccccc2)c(-n2c3c(ccc4c5ccccc5sc43)c3ccc4c5ccccc5sc4c32)c(C#N)c(-c2ccccc2)c1-n1c2cc(-c3ccccc3)ccc2c2ccc3c4ccccc4sc3c21. The fraction of sp³-hybridized carbons (Fsp3) is 0. The molecule has 0 aliphatic rings. The number of benzene rings is 11. The summed E-state index contributed by atoms with van der Waals surface area (Å²) in [7, 11) is 0. The molecule has 0 aliphatic heterocycles. The van der Waals surface area contributed by atoms with Crippen molar-refractivity contribution in [3.8, 4) is 56.9 Å². The van der Waals surface area contributed by atoms with Crippen molar-refractivity contribution < 1.29 is 0 Å². The van der Waals surface area contributed by atoms with E-state index in [1.807, 2.05) is 42.5 Å². The molecule has 0 N–H and O–H groups in total. The Labute approximate surface area is 441 Å². The van der Waals surface area contributed by atoms with E-state index in [0.29, 0.717) is 33.6 Å². The van der Waals surface area contributed by atoms with E-state index in [1.165, 1.54) is 30.3 Å².